The smallest absolute Gasteiger partial charge is 0.242 e. The summed E-state index contributed by atoms with van der Waals surface area (Å²) in [4.78, 5) is 11.7. The Hall–Kier alpha value is -2.31. The van der Waals surface area contributed by atoms with Crippen LogP contribution in [0.4, 0.5) is 5.69 Å². The van der Waals surface area contributed by atoms with Crippen molar-refractivity contribution in [3.8, 4) is 0 Å². The third kappa shape index (κ3) is 2.83. The van der Waals surface area contributed by atoms with Crippen molar-refractivity contribution in [1.29, 1.82) is 0 Å². The number of aromatic nitrogens is 4. The van der Waals surface area contributed by atoms with E-state index in [9.17, 15) is 4.79 Å². The molecular weight excluding hydrogens is 220 g/mol. The first kappa shape index (κ1) is 11.2. The zero-order valence-electron chi connectivity index (χ0n) is 9.42. The molecule has 2 heterocycles. The summed E-state index contributed by atoms with van der Waals surface area (Å²) < 4.78 is 1.49. The molecule has 90 valence electrons. The van der Waals surface area contributed by atoms with Gasteiger partial charge >= 0.3 is 0 Å². The number of carbonyl (C=O) groups excluding carboxylic acids is 1. The number of anilines is 1. The third-order valence-electron chi connectivity index (χ3n) is 2.36. The van der Waals surface area contributed by atoms with Crippen LogP contribution in [-0.4, -0.2) is 25.9 Å². The van der Waals surface area contributed by atoms with Crippen LogP contribution in [0.15, 0.2) is 24.8 Å². The van der Waals surface area contributed by atoms with Gasteiger partial charge in [0.1, 0.15) is 6.54 Å². The van der Waals surface area contributed by atoms with E-state index >= 15 is 0 Å². The van der Waals surface area contributed by atoms with Crippen LogP contribution < -0.4 is 11.1 Å². The summed E-state index contributed by atoms with van der Waals surface area (Å²) in [6.07, 6.45) is 6.54. The maximum Gasteiger partial charge on any atom is 0.242 e. The average molecular weight is 234 g/mol. The van der Waals surface area contributed by atoms with Gasteiger partial charge in [-0.05, 0) is 6.92 Å². The molecule has 7 nitrogen and oxygen atoms in total. The number of nitrogens with zero attached hydrogens (tertiary/aromatic N) is 3. The molecule has 0 saturated heterocycles. The lowest BCUT2D eigenvalue weighted by Gasteiger charge is -2.11. The monoisotopic (exact) mass is 234 g/mol. The van der Waals surface area contributed by atoms with Crippen molar-refractivity contribution < 1.29 is 4.79 Å². The summed E-state index contributed by atoms with van der Waals surface area (Å²) in [7, 11) is 0. The van der Waals surface area contributed by atoms with Crippen molar-refractivity contribution in [3.63, 3.8) is 0 Å². The zero-order chi connectivity index (χ0) is 12.3. The molecule has 0 radical (unpaired) electrons. The van der Waals surface area contributed by atoms with E-state index in [1.165, 1.54) is 10.9 Å². The van der Waals surface area contributed by atoms with Gasteiger partial charge in [-0.25, -0.2) is 0 Å². The van der Waals surface area contributed by atoms with Gasteiger partial charge in [-0.2, -0.15) is 10.2 Å². The number of carbonyl (C=O) groups is 1. The summed E-state index contributed by atoms with van der Waals surface area (Å²) >= 11 is 0. The standard InChI is InChI=1S/C10H14N6O/c1-7(8-2-12-13-3-8)15-10(17)6-16-5-9(11)4-14-16/h2-5,7H,6,11H2,1H3,(H,12,13)(H,15,17). The van der Waals surface area contributed by atoms with Crippen LogP contribution in [0.5, 0.6) is 0 Å². The summed E-state index contributed by atoms with van der Waals surface area (Å²) in [5.74, 6) is -0.123. The van der Waals surface area contributed by atoms with Crippen molar-refractivity contribution in [1.82, 2.24) is 25.3 Å². The average Bonchev–Trinajstić information content (AvgIpc) is 2.89. The maximum absolute atomic E-state index is 11.7. The van der Waals surface area contributed by atoms with Crippen LogP contribution in [0.2, 0.25) is 0 Å². The normalized spacial score (nSPS) is 12.3. The Morgan fingerprint density at radius 3 is 3.06 bits per heavy atom. The van der Waals surface area contributed by atoms with Crippen molar-refractivity contribution in [2.75, 3.05) is 5.73 Å². The molecule has 1 atom stereocenters. The summed E-state index contributed by atoms with van der Waals surface area (Å²) in [5.41, 5.74) is 6.98. The Labute approximate surface area is 98.0 Å². The van der Waals surface area contributed by atoms with Crippen LogP contribution in [-0.2, 0) is 11.3 Å². The lowest BCUT2D eigenvalue weighted by molar-refractivity contribution is -0.122. The molecule has 0 bridgehead atoms. The van der Waals surface area contributed by atoms with Gasteiger partial charge in [0.05, 0.1) is 24.1 Å². The van der Waals surface area contributed by atoms with E-state index in [1.807, 2.05) is 6.92 Å². The van der Waals surface area contributed by atoms with E-state index in [0.717, 1.165) is 5.56 Å². The second-order valence-electron chi connectivity index (χ2n) is 3.79. The number of nitrogens with one attached hydrogen (secondary N) is 2. The first-order valence-electron chi connectivity index (χ1n) is 5.21. The molecule has 1 amide bonds. The fraction of sp³-hybridized carbons (Fsp3) is 0.300. The van der Waals surface area contributed by atoms with Crippen LogP contribution >= 0.6 is 0 Å². The summed E-state index contributed by atoms with van der Waals surface area (Å²) in [5, 5.41) is 13.3. The second-order valence-corrected chi connectivity index (χ2v) is 3.79. The highest BCUT2D eigenvalue weighted by Crippen LogP contribution is 2.08. The Kier molecular flexibility index (Phi) is 3.08. The molecule has 0 aliphatic heterocycles. The first-order valence-corrected chi connectivity index (χ1v) is 5.21. The fourth-order valence-corrected chi connectivity index (χ4v) is 1.48. The van der Waals surface area contributed by atoms with Crippen LogP contribution in [0, 0.1) is 0 Å². The quantitative estimate of drug-likeness (QED) is 0.696. The molecule has 0 aromatic carbocycles. The van der Waals surface area contributed by atoms with E-state index in [0.29, 0.717) is 5.69 Å². The van der Waals surface area contributed by atoms with Gasteiger partial charge in [0.25, 0.3) is 0 Å². The Morgan fingerprint density at radius 2 is 2.47 bits per heavy atom. The predicted molar refractivity (Wildman–Crippen MR) is 61.8 cm³/mol. The van der Waals surface area contributed by atoms with E-state index in [1.54, 1.807) is 18.6 Å². The molecule has 2 rings (SSSR count). The minimum atomic E-state index is -0.123. The molecule has 1 unspecified atom stereocenters. The van der Waals surface area contributed by atoms with Crippen LogP contribution in [0.3, 0.4) is 0 Å². The zero-order valence-corrected chi connectivity index (χ0v) is 9.42. The number of nitrogens with two attached hydrogens (primary N) is 1. The van der Waals surface area contributed by atoms with E-state index in [-0.39, 0.29) is 18.5 Å². The van der Waals surface area contributed by atoms with Gasteiger partial charge in [-0.3, -0.25) is 14.6 Å². The van der Waals surface area contributed by atoms with Gasteiger partial charge in [-0.15, -0.1) is 0 Å². The molecule has 17 heavy (non-hydrogen) atoms. The van der Waals surface area contributed by atoms with Crippen molar-refractivity contribution in [3.05, 3.63) is 30.4 Å². The summed E-state index contributed by atoms with van der Waals surface area (Å²) in [6, 6.07) is -0.0887. The predicted octanol–water partition coefficient (Wildman–Crippen LogP) is 0.0658. The molecule has 2 aromatic heterocycles. The van der Waals surface area contributed by atoms with Crippen molar-refractivity contribution in [2.24, 2.45) is 0 Å². The number of amides is 1. The van der Waals surface area contributed by atoms with E-state index in [4.69, 9.17) is 5.73 Å². The molecule has 0 fully saturated rings. The van der Waals surface area contributed by atoms with Gasteiger partial charge in [0.2, 0.25) is 5.91 Å². The van der Waals surface area contributed by atoms with Gasteiger partial charge in [0, 0.05) is 18.0 Å². The fourth-order valence-electron chi connectivity index (χ4n) is 1.48. The minimum Gasteiger partial charge on any atom is -0.396 e. The number of hydrogen-bond donors (Lipinski definition) is 3. The Balaban J connectivity index is 1.89. The number of hydrogen-bond acceptors (Lipinski definition) is 4. The molecule has 7 heteroatoms. The highest BCUT2D eigenvalue weighted by molar-refractivity contribution is 5.76. The Morgan fingerprint density at radius 1 is 1.65 bits per heavy atom. The number of H-pyrrole nitrogens is 1. The van der Waals surface area contributed by atoms with Crippen molar-refractivity contribution >= 4 is 11.6 Å². The molecule has 2 aromatic rings. The lowest BCUT2D eigenvalue weighted by Crippen LogP contribution is -2.30. The van der Waals surface area contributed by atoms with E-state index < -0.39 is 0 Å². The van der Waals surface area contributed by atoms with Gasteiger partial charge in [0.15, 0.2) is 0 Å². The molecule has 0 spiro atoms. The topological polar surface area (TPSA) is 102 Å². The van der Waals surface area contributed by atoms with Crippen LogP contribution in [0.1, 0.15) is 18.5 Å². The maximum atomic E-state index is 11.7. The number of aromatic amines is 1. The van der Waals surface area contributed by atoms with Crippen molar-refractivity contribution in [2.45, 2.75) is 19.5 Å². The number of nitrogen functional groups attached to an aromatic ring is 1. The molecular formula is C10H14N6O. The molecule has 4 N–H and O–H groups in total. The van der Waals surface area contributed by atoms with Crippen LogP contribution in [0.25, 0.3) is 0 Å². The molecule has 0 aliphatic carbocycles. The van der Waals surface area contributed by atoms with E-state index in [2.05, 4.69) is 20.6 Å². The second kappa shape index (κ2) is 4.69. The van der Waals surface area contributed by atoms with Gasteiger partial charge in [-0.1, -0.05) is 0 Å². The highest BCUT2D eigenvalue weighted by atomic mass is 16.2. The third-order valence-corrected chi connectivity index (χ3v) is 2.36. The Bertz CT molecular complexity index is 489. The largest absolute Gasteiger partial charge is 0.396 e. The first-order chi connectivity index (χ1) is 8.15. The SMILES string of the molecule is CC(NC(=O)Cn1cc(N)cn1)c1cn[nH]c1. The lowest BCUT2D eigenvalue weighted by atomic mass is 10.2. The highest BCUT2D eigenvalue weighted by Gasteiger charge is 2.10. The summed E-state index contributed by atoms with van der Waals surface area (Å²) in [6.45, 7) is 2.04. The minimum absolute atomic E-state index is 0.0887. The van der Waals surface area contributed by atoms with Gasteiger partial charge < -0.3 is 11.1 Å². The molecule has 0 saturated carbocycles. The molecule has 0 aliphatic rings. The number of rotatable bonds is 4.